The molecule has 0 bridgehead atoms. The van der Waals surface area contributed by atoms with Crippen molar-refractivity contribution >= 4 is 33.2 Å². The van der Waals surface area contributed by atoms with E-state index in [-0.39, 0.29) is 12.5 Å². The van der Waals surface area contributed by atoms with E-state index in [4.69, 9.17) is 4.74 Å². The van der Waals surface area contributed by atoms with Gasteiger partial charge in [-0.1, -0.05) is 30.3 Å². The maximum absolute atomic E-state index is 12.0. The second-order valence-electron chi connectivity index (χ2n) is 5.95. The molecule has 0 unspecified atom stereocenters. The molecule has 3 aromatic rings. The smallest absolute Gasteiger partial charge is 0.258 e. The molecule has 0 aliphatic heterocycles. The van der Waals surface area contributed by atoms with Crippen LogP contribution in [0.4, 0.5) is 0 Å². The lowest BCUT2D eigenvalue weighted by Gasteiger charge is -2.09. The highest BCUT2D eigenvalue weighted by Crippen LogP contribution is 2.25. The minimum absolute atomic E-state index is 0.0160. The molecule has 0 aliphatic rings. The summed E-state index contributed by atoms with van der Waals surface area (Å²) in [6.07, 6.45) is 0. The van der Waals surface area contributed by atoms with Crippen molar-refractivity contribution in [2.45, 2.75) is 20.4 Å². The summed E-state index contributed by atoms with van der Waals surface area (Å²) in [5.41, 5.74) is 4.23. The van der Waals surface area contributed by atoms with Crippen molar-refractivity contribution in [1.29, 1.82) is 0 Å². The number of amides is 1. The van der Waals surface area contributed by atoms with Gasteiger partial charge in [-0.2, -0.15) is 0 Å². The van der Waals surface area contributed by atoms with Crippen molar-refractivity contribution in [3.05, 3.63) is 68.5 Å². The number of thiazole rings is 1. The van der Waals surface area contributed by atoms with E-state index >= 15 is 0 Å². The van der Waals surface area contributed by atoms with Crippen LogP contribution in [0.2, 0.25) is 0 Å². The van der Waals surface area contributed by atoms with Crippen LogP contribution in [0.25, 0.3) is 11.3 Å². The molecule has 1 heterocycles. The summed E-state index contributed by atoms with van der Waals surface area (Å²) < 4.78 is 6.40. The van der Waals surface area contributed by atoms with Crippen molar-refractivity contribution in [2.75, 3.05) is 6.61 Å². The summed E-state index contributed by atoms with van der Waals surface area (Å²) in [4.78, 5) is 16.5. The summed E-state index contributed by atoms with van der Waals surface area (Å²) in [6, 6.07) is 13.8. The van der Waals surface area contributed by atoms with Gasteiger partial charge >= 0.3 is 0 Å². The van der Waals surface area contributed by atoms with Gasteiger partial charge in [0, 0.05) is 17.5 Å². The number of carbonyl (C=O) groups is 1. The zero-order valence-electron chi connectivity index (χ0n) is 14.6. The Bertz CT molecular complexity index is 906. The van der Waals surface area contributed by atoms with Crippen molar-refractivity contribution in [3.63, 3.8) is 0 Å². The monoisotopic (exact) mass is 430 g/mol. The molecule has 1 N–H and O–H groups in total. The van der Waals surface area contributed by atoms with E-state index in [0.29, 0.717) is 12.3 Å². The van der Waals surface area contributed by atoms with Gasteiger partial charge in [-0.05, 0) is 53.0 Å². The lowest BCUT2D eigenvalue weighted by Crippen LogP contribution is -2.28. The average Bonchev–Trinajstić information content (AvgIpc) is 3.06. The first-order valence-electron chi connectivity index (χ1n) is 8.18. The van der Waals surface area contributed by atoms with Crippen LogP contribution in [0, 0.1) is 13.8 Å². The first-order chi connectivity index (χ1) is 12.5. The van der Waals surface area contributed by atoms with Crippen LogP contribution >= 0.6 is 27.3 Å². The molecule has 2 aromatic carbocycles. The quantitative estimate of drug-likeness (QED) is 0.605. The average molecular weight is 431 g/mol. The Morgan fingerprint density at radius 2 is 1.96 bits per heavy atom. The molecule has 26 heavy (non-hydrogen) atoms. The summed E-state index contributed by atoms with van der Waals surface area (Å²) in [6.45, 7) is 4.45. The third-order valence-corrected chi connectivity index (χ3v) is 5.20. The fraction of sp³-hybridized carbons (Fsp3) is 0.200. The van der Waals surface area contributed by atoms with Gasteiger partial charge in [-0.25, -0.2) is 4.98 Å². The van der Waals surface area contributed by atoms with E-state index in [1.807, 2.05) is 61.7 Å². The number of carbonyl (C=O) groups excluding carboxylic acids is 1. The molecule has 134 valence electrons. The van der Waals surface area contributed by atoms with E-state index in [2.05, 4.69) is 26.2 Å². The molecular formula is C20H19BrN2O2S. The van der Waals surface area contributed by atoms with E-state index < -0.39 is 0 Å². The van der Waals surface area contributed by atoms with Gasteiger partial charge in [-0.15, -0.1) is 11.3 Å². The van der Waals surface area contributed by atoms with Crippen molar-refractivity contribution in [3.8, 4) is 17.0 Å². The Labute approximate surface area is 165 Å². The zero-order chi connectivity index (χ0) is 18.5. The van der Waals surface area contributed by atoms with Crippen LogP contribution in [-0.4, -0.2) is 17.5 Å². The fourth-order valence-corrected chi connectivity index (χ4v) is 3.64. The molecule has 6 heteroatoms. The van der Waals surface area contributed by atoms with Crippen LogP contribution in [0.5, 0.6) is 5.75 Å². The van der Waals surface area contributed by atoms with Gasteiger partial charge in [0.2, 0.25) is 0 Å². The highest BCUT2D eigenvalue weighted by Gasteiger charge is 2.07. The first kappa shape index (κ1) is 18.6. The molecule has 0 atom stereocenters. The van der Waals surface area contributed by atoms with Crippen LogP contribution in [-0.2, 0) is 11.3 Å². The summed E-state index contributed by atoms with van der Waals surface area (Å²) in [5.74, 6) is 0.505. The summed E-state index contributed by atoms with van der Waals surface area (Å²) in [7, 11) is 0. The SMILES string of the molecule is Cc1ccc(OCC(=O)NCc2ccc(-c3csc(C)n3)cc2)c(Br)c1. The number of aryl methyl sites for hydroxylation is 2. The number of nitrogens with zero attached hydrogens (tertiary/aromatic N) is 1. The van der Waals surface area contributed by atoms with Gasteiger partial charge in [0.1, 0.15) is 5.75 Å². The number of aromatic nitrogens is 1. The van der Waals surface area contributed by atoms with Crippen LogP contribution in [0.1, 0.15) is 16.1 Å². The van der Waals surface area contributed by atoms with E-state index in [1.54, 1.807) is 11.3 Å². The standard InChI is InChI=1S/C20H19BrN2O2S/c1-13-3-8-19(17(21)9-13)25-11-20(24)22-10-15-4-6-16(7-5-15)18-12-26-14(2)23-18/h3-9,12H,10-11H2,1-2H3,(H,22,24). The van der Waals surface area contributed by atoms with Crippen LogP contribution in [0.3, 0.4) is 0 Å². The number of hydrogen-bond donors (Lipinski definition) is 1. The minimum atomic E-state index is -0.156. The van der Waals surface area contributed by atoms with E-state index in [1.165, 1.54) is 0 Å². The second-order valence-corrected chi connectivity index (χ2v) is 7.86. The topological polar surface area (TPSA) is 51.2 Å². The zero-order valence-corrected chi connectivity index (χ0v) is 17.0. The summed E-state index contributed by atoms with van der Waals surface area (Å²) >= 11 is 5.08. The third kappa shape index (κ3) is 4.93. The lowest BCUT2D eigenvalue weighted by atomic mass is 10.1. The van der Waals surface area contributed by atoms with Gasteiger partial charge in [0.25, 0.3) is 5.91 Å². The Kier molecular flexibility index (Phi) is 6.06. The maximum Gasteiger partial charge on any atom is 0.258 e. The number of nitrogens with one attached hydrogen (secondary N) is 1. The molecule has 4 nitrogen and oxygen atoms in total. The fourth-order valence-electron chi connectivity index (χ4n) is 2.41. The molecule has 0 spiro atoms. The Morgan fingerprint density at radius 3 is 2.62 bits per heavy atom. The predicted molar refractivity (Wildman–Crippen MR) is 109 cm³/mol. The molecular weight excluding hydrogens is 412 g/mol. The van der Waals surface area contributed by atoms with Crippen LogP contribution < -0.4 is 10.1 Å². The van der Waals surface area contributed by atoms with Crippen molar-refractivity contribution in [2.24, 2.45) is 0 Å². The lowest BCUT2D eigenvalue weighted by molar-refractivity contribution is -0.123. The van der Waals surface area contributed by atoms with Gasteiger partial charge < -0.3 is 10.1 Å². The van der Waals surface area contributed by atoms with E-state index in [9.17, 15) is 4.79 Å². The Hall–Kier alpha value is -2.18. The van der Waals surface area contributed by atoms with Gasteiger partial charge in [0.15, 0.2) is 6.61 Å². The molecule has 0 aliphatic carbocycles. The Balaban J connectivity index is 1.49. The van der Waals surface area contributed by atoms with Crippen molar-refractivity contribution < 1.29 is 9.53 Å². The molecule has 1 amide bonds. The largest absolute Gasteiger partial charge is 0.483 e. The number of hydrogen-bond acceptors (Lipinski definition) is 4. The maximum atomic E-state index is 12.0. The second kappa shape index (κ2) is 8.47. The number of halogens is 1. The first-order valence-corrected chi connectivity index (χ1v) is 9.85. The van der Waals surface area contributed by atoms with Gasteiger partial charge in [-0.3, -0.25) is 4.79 Å². The molecule has 0 saturated carbocycles. The highest BCUT2D eigenvalue weighted by atomic mass is 79.9. The molecule has 1 aromatic heterocycles. The van der Waals surface area contributed by atoms with E-state index in [0.717, 1.165) is 31.9 Å². The Morgan fingerprint density at radius 1 is 1.19 bits per heavy atom. The minimum Gasteiger partial charge on any atom is -0.483 e. The third-order valence-electron chi connectivity index (χ3n) is 3.80. The highest BCUT2D eigenvalue weighted by molar-refractivity contribution is 9.10. The normalized spacial score (nSPS) is 10.6. The number of benzene rings is 2. The number of ether oxygens (including phenoxy) is 1. The molecule has 0 saturated heterocycles. The predicted octanol–water partition coefficient (Wildman–Crippen LogP) is 4.88. The van der Waals surface area contributed by atoms with Crippen molar-refractivity contribution in [1.82, 2.24) is 10.3 Å². The van der Waals surface area contributed by atoms with Crippen LogP contribution in [0.15, 0.2) is 52.3 Å². The molecule has 0 radical (unpaired) electrons. The van der Waals surface area contributed by atoms with Gasteiger partial charge in [0.05, 0.1) is 15.2 Å². The number of rotatable bonds is 6. The summed E-state index contributed by atoms with van der Waals surface area (Å²) in [5, 5.41) is 5.97. The molecule has 3 rings (SSSR count). The molecule has 0 fully saturated rings.